The Kier molecular flexibility index (Phi) is 7.68. The third-order valence-corrected chi connectivity index (χ3v) is 3.09. The lowest BCUT2D eigenvalue weighted by molar-refractivity contribution is -0.117. The molecule has 0 bridgehead atoms. The Balaban J connectivity index is 2.55. The van der Waals surface area contributed by atoms with E-state index in [-0.39, 0.29) is 24.7 Å². The fourth-order valence-corrected chi connectivity index (χ4v) is 1.95. The largest absolute Gasteiger partial charge is 0.395 e. The Morgan fingerprint density at radius 2 is 2.25 bits per heavy atom. The van der Waals surface area contributed by atoms with Gasteiger partial charge in [-0.3, -0.25) is 9.69 Å². The van der Waals surface area contributed by atoms with Gasteiger partial charge in [-0.25, -0.2) is 4.39 Å². The molecular formula is C13H18BrFN2O3. The number of amides is 1. The fourth-order valence-electron chi connectivity index (χ4n) is 1.62. The molecule has 1 rings (SSSR count). The number of carbonyl (C=O) groups is 1. The zero-order chi connectivity index (χ0) is 15.0. The molecule has 0 unspecified atom stereocenters. The summed E-state index contributed by atoms with van der Waals surface area (Å²) >= 11 is 3.15. The van der Waals surface area contributed by atoms with Gasteiger partial charge in [-0.05, 0) is 18.2 Å². The van der Waals surface area contributed by atoms with Crippen LogP contribution >= 0.6 is 15.9 Å². The second-order valence-corrected chi connectivity index (χ2v) is 5.08. The van der Waals surface area contributed by atoms with Gasteiger partial charge >= 0.3 is 0 Å². The first-order valence-corrected chi connectivity index (χ1v) is 6.93. The van der Waals surface area contributed by atoms with Crippen molar-refractivity contribution in [1.29, 1.82) is 0 Å². The minimum absolute atomic E-state index is 0.0519. The Morgan fingerprint density at radius 3 is 2.85 bits per heavy atom. The van der Waals surface area contributed by atoms with Crippen molar-refractivity contribution in [1.82, 2.24) is 4.90 Å². The van der Waals surface area contributed by atoms with Crippen LogP contribution in [0.1, 0.15) is 0 Å². The van der Waals surface area contributed by atoms with Crippen LogP contribution in [-0.2, 0) is 9.53 Å². The molecule has 0 spiro atoms. The molecule has 0 heterocycles. The van der Waals surface area contributed by atoms with E-state index in [1.165, 1.54) is 12.1 Å². The van der Waals surface area contributed by atoms with Gasteiger partial charge < -0.3 is 15.2 Å². The highest BCUT2D eigenvalue weighted by molar-refractivity contribution is 9.10. The van der Waals surface area contributed by atoms with Crippen LogP contribution in [0.3, 0.4) is 0 Å². The van der Waals surface area contributed by atoms with Gasteiger partial charge in [0.2, 0.25) is 5.91 Å². The molecule has 1 amide bonds. The number of aliphatic hydroxyl groups excluding tert-OH is 1. The zero-order valence-electron chi connectivity index (χ0n) is 11.2. The van der Waals surface area contributed by atoms with Crippen LogP contribution in [0.5, 0.6) is 0 Å². The summed E-state index contributed by atoms with van der Waals surface area (Å²) in [6, 6.07) is 4.42. The molecule has 7 heteroatoms. The summed E-state index contributed by atoms with van der Waals surface area (Å²) in [5, 5.41) is 11.4. The number of anilines is 1. The lowest BCUT2D eigenvalue weighted by atomic mass is 10.3. The first kappa shape index (κ1) is 17.0. The summed E-state index contributed by atoms with van der Waals surface area (Å²) in [4.78, 5) is 13.6. The number of nitrogens with one attached hydrogen (secondary N) is 1. The summed E-state index contributed by atoms with van der Waals surface area (Å²) in [7, 11) is 1.56. The van der Waals surface area contributed by atoms with E-state index in [4.69, 9.17) is 9.84 Å². The molecule has 20 heavy (non-hydrogen) atoms. The molecule has 2 N–H and O–H groups in total. The first-order valence-electron chi connectivity index (χ1n) is 6.14. The maximum atomic E-state index is 13.6. The van der Waals surface area contributed by atoms with E-state index in [2.05, 4.69) is 21.2 Å². The predicted octanol–water partition coefficient (Wildman–Crippen LogP) is 1.47. The number of aliphatic hydroxyl groups is 1. The molecule has 1 aromatic rings. The van der Waals surface area contributed by atoms with Crippen LogP contribution in [0.2, 0.25) is 0 Å². The van der Waals surface area contributed by atoms with Crippen molar-refractivity contribution in [3.63, 3.8) is 0 Å². The number of benzene rings is 1. The van der Waals surface area contributed by atoms with E-state index in [1.807, 2.05) is 0 Å². The normalized spacial score (nSPS) is 10.8. The smallest absolute Gasteiger partial charge is 0.238 e. The number of halogens is 2. The molecule has 0 saturated carbocycles. The van der Waals surface area contributed by atoms with E-state index in [1.54, 1.807) is 18.1 Å². The Bertz CT molecular complexity index is 446. The highest BCUT2D eigenvalue weighted by atomic mass is 79.9. The minimum atomic E-state index is -0.502. The Hall–Kier alpha value is -1.02. The molecule has 0 saturated heterocycles. The van der Waals surface area contributed by atoms with Crippen LogP contribution in [0.4, 0.5) is 10.1 Å². The fraction of sp³-hybridized carbons (Fsp3) is 0.462. The van der Waals surface area contributed by atoms with E-state index in [0.717, 1.165) is 0 Å². The third kappa shape index (κ3) is 5.96. The topological polar surface area (TPSA) is 61.8 Å². The molecule has 112 valence electrons. The lowest BCUT2D eigenvalue weighted by Gasteiger charge is -2.20. The van der Waals surface area contributed by atoms with Crippen LogP contribution in [-0.4, -0.2) is 55.9 Å². The molecule has 0 atom stereocenters. The molecule has 0 aliphatic carbocycles. The minimum Gasteiger partial charge on any atom is -0.395 e. The van der Waals surface area contributed by atoms with Crippen LogP contribution in [0.15, 0.2) is 22.7 Å². The first-order chi connectivity index (χ1) is 9.56. The molecule has 0 radical (unpaired) electrons. The quantitative estimate of drug-likeness (QED) is 0.746. The van der Waals surface area contributed by atoms with Gasteiger partial charge in [0.25, 0.3) is 0 Å². The van der Waals surface area contributed by atoms with Crippen molar-refractivity contribution in [2.75, 3.05) is 45.3 Å². The average Bonchev–Trinajstić information content (AvgIpc) is 2.39. The van der Waals surface area contributed by atoms with Gasteiger partial charge in [-0.1, -0.05) is 15.9 Å². The predicted molar refractivity (Wildman–Crippen MR) is 78.1 cm³/mol. The van der Waals surface area contributed by atoms with Gasteiger partial charge in [0.15, 0.2) is 0 Å². The average molecular weight is 349 g/mol. The second kappa shape index (κ2) is 9.02. The molecular weight excluding hydrogens is 331 g/mol. The van der Waals surface area contributed by atoms with Gasteiger partial charge in [-0.2, -0.15) is 0 Å². The third-order valence-electron chi connectivity index (χ3n) is 2.60. The van der Waals surface area contributed by atoms with E-state index < -0.39 is 5.82 Å². The number of ether oxygens (including phenoxy) is 1. The number of hydrogen-bond acceptors (Lipinski definition) is 4. The van der Waals surface area contributed by atoms with E-state index in [0.29, 0.717) is 24.2 Å². The van der Waals surface area contributed by atoms with Crippen molar-refractivity contribution in [3.8, 4) is 0 Å². The molecule has 5 nitrogen and oxygen atoms in total. The van der Waals surface area contributed by atoms with Crippen LogP contribution in [0.25, 0.3) is 0 Å². The van der Waals surface area contributed by atoms with Gasteiger partial charge in [0.1, 0.15) is 5.82 Å². The summed E-state index contributed by atoms with van der Waals surface area (Å²) in [6.07, 6.45) is 0. The van der Waals surface area contributed by atoms with Crippen molar-refractivity contribution in [3.05, 3.63) is 28.5 Å². The van der Waals surface area contributed by atoms with Crippen molar-refractivity contribution in [2.24, 2.45) is 0 Å². The number of carbonyl (C=O) groups excluding carboxylic acids is 1. The number of rotatable bonds is 8. The van der Waals surface area contributed by atoms with Crippen molar-refractivity contribution >= 4 is 27.5 Å². The maximum absolute atomic E-state index is 13.6. The molecule has 0 fully saturated rings. The summed E-state index contributed by atoms with van der Waals surface area (Å²) in [5.74, 6) is -0.839. The SMILES string of the molecule is COCCN(CCO)CC(=O)Nc1ccc(Br)cc1F. The summed E-state index contributed by atoms with van der Waals surface area (Å²) in [5.41, 5.74) is 0.133. The monoisotopic (exact) mass is 348 g/mol. The van der Waals surface area contributed by atoms with Gasteiger partial charge in [-0.15, -0.1) is 0 Å². The van der Waals surface area contributed by atoms with Crippen LogP contribution in [0, 0.1) is 5.82 Å². The highest BCUT2D eigenvalue weighted by Crippen LogP contribution is 2.19. The van der Waals surface area contributed by atoms with Crippen LogP contribution < -0.4 is 5.32 Å². The maximum Gasteiger partial charge on any atom is 0.238 e. The number of hydrogen-bond donors (Lipinski definition) is 2. The highest BCUT2D eigenvalue weighted by Gasteiger charge is 2.12. The zero-order valence-corrected chi connectivity index (χ0v) is 12.8. The summed E-state index contributed by atoms with van der Waals surface area (Å²) < 4.78 is 19.1. The van der Waals surface area contributed by atoms with E-state index >= 15 is 0 Å². The second-order valence-electron chi connectivity index (χ2n) is 4.16. The van der Waals surface area contributed by atoms with Gasteiger partial charge in [0, 0.05) is 24.7 Å². The number of methoxy groups -OCH3 is 1. The number of nitrogens with zero attached hydrogens (tertiary/aromatic N) is 1. The lowest BCUT2D eigenvalue weighted by Crippen LogP contribution is -2.37. The molecule has 0 aromatic heterocycles. The Labute approximate surface area is 125 Å². The summed E-state index contributed by atoms with van der Waals surface area (Å²) in [6.45, 7) is 1.36. The standard InChI is InChI=1S/C13H18BrFN2O3/c1-20-7-5-17(4-6-18)9-13(19)16-12-3-2-10(14)8-11(12)15/h2-3,8,18H,4-7,9H2,1H3,(H,16,19). The van der Waals surface area contributed by atoms with E-state index in [9.17, 15) is 9.18 Å². The van der Waals surface area contributed by atoms with Gasteiger partial charge in [0.05, 0.1) is 25.4 Å². The Morgan fingerprint density at radius 1 is 1.50 bits per heavy atom. The molecule has 0 aliphatic rings. The molecule has 0 aliphatic heterocycles. The van der Waals surface area contributed by atoms with Crippen molar-refractivity contribution < 1.29 is 19.0 Å². The van der Waals surface area contributed by atoms with Crippen molar-refractivity contribution in [2.45, 2.75) is 0 Å². The molecule has 1 aromatic carbocycles.